The number of hydrogen-bond acceptors (Lipinski definition) is 4. The lowest BCUT2D eigenvalue weighted by Gasteiger charge is -2.22. The summed E-state index contributed by atoms with van der Waals surface area (Å²) in [5, 5.41) is 6.85. The predicted molar refractivity (Wildman–Crippen MR) is 104 cm³/mol. The smallest absolute Gasteiger partial charge is 0.272 e. The first-order valence-corrected chi connectivity index (χ1v) is 8.38. The average Bonchev–Trinajstić information content (AvgIpc) is 3.09. The Morgan fingerprint density at radius 3 is 2.19 bits per heavy atom. The van der Waals surface area contributed by atoms with E-state index in [0.29, 0.717) is 6.67 Å². The lowest BCUT2D eigenvalue weighted by atomic mass is 9.88. The van der Waals surface area contributed by atoms with Gasteiger partial charge in [-0.1, -0.05) is 50.3 Å². The predicted octanol–water partition coefficient (Wildman–Crippen LogP) is 0.247. The minimum absolute atomic E-state index is 0.198. The molecule has 134 valence electrons. The van der Waals surface area contributed by atoms with Crippen LogP contribution in [0.5, 0.6) is 0 Å². The van der Waals surface area contributed by atoms with E-state index in [4.69, 9.17) is 0 Å². The largest absolute Gasteiger partial charge is 0.369 e. The third-order valence-electron chi connectivity index (χ3n) is 4.35. The van der Waals surface area contributed by atoms with E-state index in [1.807, 2.05) is 50.3 Å². The van der Waals surface area contributed by atoms with Gasteiger partial charge in [0.2, 0.25) is 0 Å². The van der Waals surface area contributed by atoms with Crippen LogP contribution in [0, 0.1) is 5.41 Å². The number of nitrogens with one attached hydrogen (secondary N) is 4. The van der Waals surface area contributed by atoms with Gasteiger partial charge in [0, 0.05) is 11.1 Å². The zero-order valence-corrected chi connectivity index (χ0v) is 14.8. The third kappa shape index (κ3) is 3.54. The number of hydrogen-bond donors (Lipinski definition) is 4. The maximum absolute atomic E-state index is 12.4. The lowest BCUT2D eigenvalue weighted by Crippen LogP contribution is -2.47. The van der Waals surface area contributed by atoms with Crippen molar-refractivity contribution in [2.75, 3.05) is 6.67 Å². The standard InChI is InChI=1S/C20H22N4O2/c1-4-20(2,3)17-14(21-12-22-17)11-16-19(26)23-15(18(25)24-16)10-13-8-6-5-7-9-13/h4-11,21-22H,1,12H2,2-3H3,(H,23,26)(H,24,25)/b15-10-,16-11-. The minimum atomic E-state index is -0.358. The highest BCUT2D eigenvalue weighted by atomic mass is 16.1. The van der Waals surface area contributed by atoms with Gasteiger partial charge in [-0.25, -0.2) is 0 Å². The average molecular weight is 350 g/mol. The first kappa shape index (κ1) is 17.5. The van der Waals surface area contributed by atoms with E-state index in [1.165, 1.54) is 0 Å². The Labute approximate surface area is 150 Å². The second kappa shape index (κ2) is 6.92. The molecule has 2 aromatic rings. The highest BCUT2D eigenvalue weighted by molar-refractivity contribution is 5.50. The fraction of sp³-hybridized carbons (Fsp3) is 0.200. The van der Waals surface area contributed by atoms with Crippen molar-refractivity contribution < 1.29 is 0 Å². The summed E-state index contributed by atoms with van der Waals surface area (Å²) in [7, 11) is 0. The number of aromatic nitrogens is 2. The Morgan fingerprint density at radius 2 is 1.58 bits per heavy atom. The van der Waals surface area contributed by atoms with Crippen molar-refractivity contribution in [2.45, 2.75) is 13.8 Å². The van der Waals surface area contributed by atoms with E-state index in [1.54, 1.807) is 12.2 Å². The van der Waals surface area contributed by atoms with Crippen LogP contribution in [0.1, 0.15) is 19.4 Å². The van der Waals surface area contributed by atoms with Crippen LogP contribution in [0.15, 0.2) is 64.0 Å². The van der Waals surface area contributed by atoms with Crippen molar-refractivity contribution in [1.82, 2.24) is 20.6 Å². The molecule has 0 saturated heterocycles. The normalized spacial score (nSPS) is 15.8. The van der Waals surface area contributed by atoms with Gasteiger partial charge in [0.25, 0.3) is 11.1 Å². The lowest BCUT2D eigenvalue weighted by molar-refractivity contribution is 0.539. The topological polar surface area (TPSA) is 89.8 Å². The molecule has 0 atom stereocenters. The Kier molecular flexibility index (Phi) is 4.67. The third-order valence-corrected chi connectivity index (χ3v) is 4.35. The van der Waals surface area contributed by atoms with E-state index in [-0.39, 0.29) is 27.2 Å². The van der Waals surface area contributed by atoms with Gasteiger partial charge in [-0.2, -0.15) is 0 Å². The molecule has 1 aromatic heterocycles. The number of rotatable bonds is 4. The summed E-state index contributed by atoms with van der Waals surface area (Å²) in [4.78, 5) is 30.1. The molecule has 1 aliphatic heterocycles. The van der Waals surface area contributed by atoms with Crippen LogP contribution in [0.25, 0.3) is 12.2 Å². The van der Waals surface area contributed by atoms with E-state index in [9.17, 15) is 9.59 Å². The van der Waals surface area contributed by atoms with Gasteiger partial charge in [0.1, 0.15) is 10.7 Å². The van der Waals surface area contributed by atoms with Crippen LogP contribution >= 0.6 is 0 Å². The summed E-state index contributed by atoms with van der Waals surface area (Å²) in [5.74, 6) is 0. The van der Waals surface area contributed by atoms with Gasteiger partial charge >= 0.3 is 0 Å². The Balaban J connectivity index is 2.12. The molecule has 0 unspecified atom stereocenters. The molecule has 26 heavy (non-hydrogen) atoms. The molecule has 1 aromatic carbocycles. The van der Waals surface area contributed by atoms with Gasteiger partial charge in [0.15, 0.2) is 0 Å². The first-order chi connectivity index (χ1) is 12.4. The van der Waals surface area contributed by atoms with E-state index in [2.05, 4.69) is 27.2 Å². The summed E-state index contributed by atoms with van der Waals surface area (Å²) in [5.41, 5.74) is 1.52. The fourth-order valence-electron chi connectivity index (χ4n) is 2.77. The second-order valence-corrected chi connectivity index (χ2v) is 6.68. The SMILES string of the molecule is C=CC(C)(C)C1=C(/C=c2\[nH]c(=O)/c(=C/c3ccccc3)[nH]c2=O)NCN1. The summed E-state index contributed by atoms with van der Waals surface area (Å²) in [6.45, 7) is 8.46. The van der Waals surface area contributed by atoms with Gasteiger partial charge in [-0.3, -0.25) is 9.59 Å². The summed E-state index contributed by atoms with van der Waals surface area (Å²) >= 11 is 0. The van der Waals surface area contributed by atoms with Crippen LogP contribution in [-0.4, -0.2) is 16.6 Å². The molecule has 0 amide bonds. The zero-order valence-electron chi connectivity index (χ0n) is 14.8. The van der Waals surface area contributed by atoms with Crippen molar-refractivity contribution in [3.8, 4) is 0 Å². The molecule has 0 fully saturated rings. The Bertz CT molecular complexity index is 1090. The number of allylic oxidation sites excluding steroid dienone is 2. The van der Waals surface area contributed by atoms with Gasteiger partial charge < -0.3 is 20.6 Å². The monoisotopic (exact) mass is 350 g/mol. The molecule has 0 radical (unpaired) electrons. The molecule has 0 bridgehead atoms. The molecule has 6 heteroatoms. The Morgan fingerprint density at radius 1 is 0.962 bits per heavy atom. The van der Waals surface area contributed by atoms with Crippen LogP contribution in [0.3, 0.4) is 0 Å². The molecule has 6 nitrogen and oxygen atoms in total. The molecular formula is C20H22N4O2. The molecule has 2 heterocycles. The molecule has 3 rings (SSSR count). The highest BCUT2D eigenvalue weighted by Crippen LogP contribution is 2.29. The zero-order chi connectivity index (χ0) is 18.7. The van der Waals surface area contributed by atoms with Crippen LogP contribution < -0.4 is 32.5 Å². The minimum Gasteiger partial charge on any atom is -0.369 e. The second-order valence-electron chi connectivity index (χ2n) is 6.68. The number of aromatic amines is 2. The summed E-state index contributed by atoms with van der Waals surface area (Å²) in [6, 6.07) is 9.35. The molecule has 0 aliphatic carbocycles. The summed E-state index contributed by atoms with van der Waals surface area (Å²) < 4.78 is 0. The molecule has 4 N–H and O–H groups in total. The molecule has 0 saturated carbocycles. The van der Waals surface area contributed by atoms with Crippen molar-refractivity contribution in [3.63, 3.8) is 0 Å². The van der Waals surface area contributed by atoms with Gasteiger partial charge in [-0.15, -0.1) is 6.58 Å². The van der Waals surface area contributed by atoms with E-state index < -0.39 is 0 Å². The van der Waals surface area contributed by atoms with Crippen molar-refractivity contribution >= 4 is 12.2 Å². The quantitative estimate of drug-likeness (QED) is 0.595. The molecule has 0 spiro atoms. The van der Waals surface area contributed by atoms with Crippen molar-refractivity contribution in [2.24, 2.45) is 5.41 Å². The maximum atomic E-state index is 12.4. The van der Waals surface area contributed by atoms with Crippen LogP contribution in [0.2, 0.25) is 0 Å². The van der Waals surface area contributed by atoms with Crippen molar-refractivity contribution in [1.29, 1.82) is 0 Å². The molecular weight excluding hydrogens is 328 g/mol. The summed E-state index contributed by atoms with van der Waals surface area (Å²) in [6.07, 6.45) is 5.12. The highest BCUT2D eigenvalue weighted by Gasteiger charge is 2.25. The number of benzene rings is 1. The van der Waals surface area contributed by atoms with Gasteiger partial charge in [-0.05, 0) is 17.7 Å². The first-order valence-electron chi connectivity index (χ1n) is 8.38. The van der Waals surface area contributed by atoms with E-state index in [0.717, 1.165) is 17.0 Å². The van der Waals surface area contributed by atoms with Gasteiger partial charge in [0.05, 0.1) is 12.4 Å². The number of H-pyrrole nitrogens is 2. The fourth-order valence-corrected chi connectivity index (χ4v) is 2.77. The maximum Gasteiger partial charge on any atom is 0.272 e. The van der Waals surface area contributed by atoms with Crippen LogP contribution in [0.4, 0.5) is 0 Å². The van der Waals surface area contributed by atoms with Crippen LogP contribution in [-0.2, 0) is 0 Å². The molecule has 1 aliphatic rings. The van der Waals surface area contributed by atoms with E-state index >= 15 is 0 Å². The van der Waals surface area contributed by atoms with Crippen molar-refractivity contribution in [3.05, 3.63) is 91.4 Å². The Hall–Kier alpha value is -3.28.